The molecule has 2 heterocycles. The fraction of sp³-hybridized carbons (Fsp3) is 0.222. The van der Waals surface area contributed by atoms with Crippen LogP contribution in [0.15, 0.2) is 60.2 Å². The third-order valence-electron chi connectivity index (χ3n) is 5.88. The van der Waals surface area contributed by atoms with Crippen LogP contribution in [0, 0.1) is 13.8 Å². The minimum absolute atomic E-state index is 0.0916. The number of carbonyl (C=O) groups excluding carboxylic acids is 3. The summed E-state index contributed by atoms with van der Waals surface area (Å²) < 4.78 is 7.56. The van der Waals surface area contributed by atoms with E-state index in [4.69, 9.17) is 4.74 Å². The van der Waals surface area contributed by atoms with Crippen molar-refractivity contribution < 1.29 is 19.1 Å². The van der Waals surface area contributed by atoms with Gasteiger partial charge in [-0.3, -0.25) is 14.9 Å². The molecule has 7 nitrogen and oxygen atoms in total. The van der Waals surface area contributed by atoms with E-state index in [9.17, 15) is 14.4 Å². The van der Waals surface area contributed by atoms with Crippen molar-refractivity contribution >= 4 is 29.6 Å². The molecule has 1 aliphatic heterocycles. The number of carbonyl (C=O) groups is 3. The average molecular weight is 458 g/mol. The Morgan fingerprint density at radius 2 is 1.56 bits per heavy atom. The molecule has 0 bridgehead atoms. The van der Waals surface area contributed by atoms with Gasteiger partial charge in [0.15, 0.2) is 0 Å². The summed E-state index contributed by atoms with van der Waals surface area (Å²) >= 11 is 0. The molecule has 0 spiro atoms. The number of aromatic nitrogens is 1. The van der Waals surface area contributed by atoms with Crippen LogP contribution in [0.4, 0.5) is 10.5 Å². The molecule has 4 amide bonds. The van der Waals surface area contributed by atoms with Gasteiger partial charge in [-0.2, -0.15) is 0 Å². The Bertz CT molecular complexity index is 1280. The average Bonchev–Trinajstić information content (AvgIpc) is 3.10. The summed E-state index contributed by atoms with van der Waals surface area (Å²) in [6, 6.07) is 16.0. The molecule has 0 unspecified atom stereocenters. The van der Waals surface area contributed by atoms with Crippen molar-refractivity contribution in [1.82, 2.24) is 9.88 Å². The summed E-state index contributed by atoms with van der Waals surface area (Å²) in [7, 11) is 0. The number of imide groups is 2. The monoisotopic (exact) mass is 457 g/mol. The number of urea groups is 1. The summed E-state index contributed by atoms with van der Waals surface area (Å²) in [6.45, 7) is 8.44. The van der Waals surface area contributed by atoms with Gasteiger partial charge < -0.3 is 9.30 Å². The highest BCUT2D eigenvalue weighted by molar-refractivity contribution is 6.39. The van der Waals surface area contributed by atoms with Crippen molar-refractivity contribution in [2.45, 2.75) is 34.1 Å². The summed E-state index contributed by atoms with van der Waals surface area (Å²) in [5.74, 6) is -0.566. The molecule has 0 aliphatic carbocycles. The van der Waals surface area contributed by atoms with Gasteiger partial charge >= 0.3 is 6.03 Å². The lowest BCUT2D eigenvalue weighted by Gasteiger charge is -2.26. The van der Waals surface area contributed by atoms with Gasteiger partial charge in [0, 0.05) is 17.1 Å². The maximum Gasteiger partial charge on any atom is 0.335 e. The summed E-state index contributed by atoms with van der Waals surface area (Å²) in [5, 5.41) is 2.29. The van der Waals surface area contributed by atoms with Crippen LogP contribution in [0.3, 0.4) is 0 Å². The van der Waals surface area contributed by atoms with Gasteiger partial charge in [0.1, 0.15) is 11.3 Å². The van der Waals surface area contributed by atoms with E-state index >= 15 is 0 Å². The molecule has 1 saturated heterocycles. The molecule has 1 fully saturated rings. The summed E-state index contributed by atoms with van der Waals surface area (Å²) in [5.41, 5.74) is 4.88. The number of aryl methyl sites for hydroxylation is 2. The van der Waals surface area contributed by atoms with Crippen molar-refractivity contribution in [3.8, 4) is 11.4 Å². The van der Waals surface area contributed by atoms with E-state index in [-0.39, 0.29) is 5.57 Å². The Balaban J connectivity index is 1.70. The molecule has 0 atom stereocenters. The first-order valence-corrected chi connectivity index (χ1v) is 11.3. The van der Waals surface area contributed by atoms with Crippen LogP contribution < -0.4 is 15.0 Å². The van der Waals surface area contributed by atoms with Crippen molar-refractivity contribution in [2.75, 3.05) is 11.5 Å². The van der Waals surface area contributed by atoms with Gasteiger partial charge in [-0.05, 0) is 86.9 Å². The highest BCUT2D eigenvalue weighted by Gasteiger charge is 2.37. The second-order valence-corrected chi connectivity index (χ2v) is 8.07. The zero-order valence-electron chi connectivity index (χ0n) is 19.7. The lowest BCUT2D eigenvalue weighted by atomic mass is 10.1. The number of nitrogens with zero attached hydrogens (tertiary/aromatic N) is 2. The van der Waals surface area contributed by atoms with Crippen LogP contribution in [0.25, 0.3) is 11.8 Å². The number of anilines is 1. The minimum Gasteiger partial charge on any atom is -0.494 e. The molecule has 0 saturated carbocycles. The lowest BCUT2D eigenvalue weighted by molar-refractivity contribution is -0.122. The maximum atomic E-state index is 13.2. The molecule has 1 aliphatic rings. The Kier molecular flexibility index (Phi) is 6.36. The molecule has 4 rings (SSSR count). The number of hydrogen-bond acceptors (Lipinski definition) is 4. The van der Waals surface area contributed by atoms with Crippen molar-refractivity contribution in [2.24, 2.45) is 0 Å². The maximum absolute atomic E-state index is 13.2. The number of barbiturate groups is 1. The number of amides is 4. The van der Waals surface area contributed by atoms with Crippen molar-refractivity contribution in [3.63, 3.8) is 0 Å². The minimum atomic E-state index is -0.753. The highest BCUT2D eigenvalue weighted by atomic mass is 16.5. The third-order valence-corrected chi connectivity index (χ3v) is 5.88. The highest BCUT2D eigenvalue weighted by Crippen LogP contribution is 2.27. The van der Waals surface area contributed by atoms with E-state index in [1.807, 2.05) is 74.7 Å². The van der Waals surface area contributed by atoms with Crippen molar-refractivity contribution in [3.05, 3.63) is 82.7 Å². The second kappa shape index (κ2) is 9.39. The molecule has 2 aromatic carbocycles. The van der Waals surface area contributed by atoms with Gasteiger partial charge in [-0.25, -0.2) is 9.69 Å². The largest absolute Gasteiger partial charge is 0.494 e. The van der Waals surface area contributed by atoms with Crippen LogP contribution in [0.5, 0.6) is 5.75 Å². The normalized spacial score (nSPS) is 15.1. The molecule has 34 heavy (non-hydrogen) atoms. The van der Waals surface area contributed by atoms with E-state index < -0.39 is 17.8 Å². The zero-order valence-corrected chi connectivity index (χ0v) is 19.7. The van der Waals surface area contributed by atoms with E-state index in [1.54, 1.807) is 18.2 Å². The standard InChI is InChI=1S/C27H27N3O4/c1-5-19-7-9-22(10-8-19)30-26(32)24(25(31)28-27(30)33)16-20-15-17(3)29(18(20)4)21-11-13-23(14-12-21)34-6-2/h7-16H,5-6H2,1-4H3,(H,28,31,33)/b24-16-. The SMILES string of the molecule is CCOc1ccc(-n2c(C)cc(/C=C3/C(=O)NC(=O)N(c4ccc(CC)cc4)C3=O)c2C)cc1. The van der Waals surface area contributed by atoms with E-state index in [0.717, 1.165) is 45.3 Å². The fourth-order valence-corrected chi connectivity index (χ4v) is 4.12. The van der Waals surface area contributed by atoms with Gasteiger partial charge in [0.25, 0.3) is 11.8 Å². The quantitative estimate of drug-likeness (QED) is 0.429. The first-order chi connectivity index (χ1) is 16.3. The first kappa shape index (κ1) is 23.0. The molecule has 0 radical (unpaired) electrons. The second-order valence-electron chi connectivity index (χ2n) is 8.07. The number of benzene rings is 2. The molecule has 7 heteroatoms. The number of ether oxygens (including phenoxy) is 1. The third kappa shape index (κ3) is 4.24. The van der Waals surface area contributed by atoms with Gasteiger partial charge in [-0.1, -0.05) is 19.1 Å². The van der Waals surface area contributed by atoms with Gasteiger partial charge in [-0.15, -0.1) is 0 Å². The van der Waals surface area contributed by atoms with E-state index in [2.05, 4.69) is 5.32 Å². The summed E-state index contributed by atoms with van der Waals surface area (Å²) in [6.07, 6.45) is 2.39. The van der Waals surface area contributed by atoms with Gasteiger partial charge in [0.05, 0.1) is 12.3 Å². The molecule has 174 valence electrons. The topological polar surface area (TPSA) is 80.6 Å². The zero-order chi connectivity index (χ0) is 24.4. The number of rotatable bonds is 6. The van der Waals surface area contributed by atoms with Crippen LogP contribution in [-0.2, 0) is 16.0 Å². The number of hydrogen-bond donors (Lipinski definition) is 1. The van der Waals surface area contributed by atoms with Crippen LogP contribution in [0.1, 0.15) is 36.4 Å². The Hall–Kier alpha value is -4.13. The van der Waals surface area contributed by atoms with Crippen LogP contribution >= 0.6 is 0 Å². The van der Waals surface area contributed by atoms with E-state index in [1.165, 1.54) is 0 Å². The molecular weight excluding hydrogens is 430 g/mol. The van der Waals surface area contributed by atoms with E-state index in [0.29, 0.717) is 12.3 Å². The van der Waals surface area contributed by atoms with Gasteiger partial charge in [0.2, 0.25) is 0 Å². The lowest BCUT2D eigenvalue weighted by Crippen LogP contribution is -2.54. The Morgan fingerprint density at radius 3 is 2.18 bits per heavy atom. The smallest absolute Gasteiger partial charge is 0.335 e. The molecular formula is C27H27N3O4. The number of nitrogens with one attached hydrogen (secondary N) is 1. The Morgan fingerprint density at radius 1 is 0.912 bits per heavy atom. The molecule has 1 N–H and O–H groups in total. The summed E-state index contributed by atoms with van der Waals surface area (Å²) in [4.78, 5) is 39.3. The van der Waals surface area contributed by atoms with Crippen LogP contribution in [-0.4, -0.2) is 29.0 Å². The first-order valence-electron chi connectivity index (χ1n) is 11.3. The van der Waals surface area contributed by atoms with Crippen molar-refractivity contribution in [1.29, 1.82) is 0 Å². The molecule has 1 aromatic heterocycles. The Labute approximate surface area is 198 Å². The van der Waals surface area contributed by atoms with Crippen LogP contribution in [0.2, 0.25) is 0 Å². The fourth-order valence-electron chi connectivity index (χ4n) is 4.12. The predicted octanol–water partition coefficient (Wildman–Crippen LogP) is 4.72. The molecule has 3 aromatic rings. The predicted molar refractivity (Wildman–Crippen MR) is 131 cm³/mol.